The van der Waals surface area contributed by atoms with Crippen LogP contribution in [0.3, 0.4) is 0 Å². The molecule has 228 valence electrons. The lowest BCUT2D eigenvalue weighted by Gasteiger charge is -2.42. The molecule has 0 aliphatic rings. The topological polar surface area (TPSA) is 0 Å². The monoisotopic (exact) mass is 608 g/mol. The fraction of sp³-hybridized carbons (Fsp3) is 0.727. The molecule has 0 bridgehead atoms. The first-order valence-corrected chi connectivity index (χ1v) is 10.6. The number of aryl methyl sites for hydroxylation is 2. The Bertz CT molecular complexity index is 1020. The van der Waals surface area contributed by atoms with Gasteiger partial charge in [0.1, 0.15) is 0 Å². The molecule has 1 rings (SSSR count). The predicted molar refractivity (Wildman–Crippen MR) is 104 cm³/mol. The SMILES string of the molecule is Cc1cc(C(C)(C)C)cc(C)c1CCC(F)(F)C(F)(F)C(F)(F)C(F)(F)C(F)(F)C(F)(F)C(F)(F)C(F)(F)F. The minimum absolute atomic E-state index is 0.136. The summed E-state index contributed by atoms with van der Waals surface area (Å²) >= 11 is 0. The van der Waals surface area contributed by atoms with E-state index < -0.39 is 65.9 Å². The normalized spacial score (nSPS) is 15.6. The molecule has 0 saturated heterocycles. The first-order chi connectivity index (χ1) is 16.8. The van der Waals surface area contributed by atoms with Crippen molar-refractivity contribution in [3.63, 3.8) is 0 Å². The number of alkyl halides is 17. The second kappa shape index (κ2) is 9.55. The molecular formula is C22H21F17. The highest BCUT2D eigenvalue weighted by Gasteiger charge is 2.95. The van der Waals surface area contributed by atoms with E-state index in [9.17, 15) is 74.6 Å². The Labute approximate surface area is 210 Å². The van der Waals surface area contributed by atoms with Crippen LogP contribution in [0.25, 0.3) is 0 Å². The lowest BCUT2D eigenvalue weighted by atomic mass is 9.82. The molecule has 0 aromatic heterocycles. The van der Waals surface area contributed by atoms with E-state index in [0.717, 1.165) is 0 Å². The molecule has 0 atom stereocenters. The van der Waals surface area contributed by atoms with Crippen molar-refractivity contribution < 1.29 is 74.6 Å². The van der Waals surface area contributed by atoms with E-state index in [2.05, 4.69) is 0 Å². The van der Waals surface area contributed by atoms with Gasteiger partial charge in [-0.2, -0.15) is 74.6 Å². The van der Waals surface area contributed by atoms with Gasteiger partial charge in [0.25, 0.3) is 0 Å². The van der Waals surface area contributed by atoms with Gasteiger partial charge in [0.05, 0.1) is 0 Å². The maximum atomic E-state index is 14.2. The van der Waals surface area contributed by atoms with Gasteiger partial charge in [-0.1, -0.05) is 32.9 Å². The highest BCUT2D eigenvalue weighted by atomic mass is 19.4. The van der Waals surface area contributed by atoms with Crippen molar-refractivity contribution in [2.24, 2.45) is 0 Å². The van der Waals surface area contributed by atoms with Crippen LogP contribution in [0, 0.1) is 13.8 Å². The number of benzene rings is 1. The number of hydrogen-bond acceptors (Lipinski definition) is 0. The molecule has 0 nitrogen and oxygen atoms in total. The van der Waals surface area contributed by atoms with Crippen molar-refractivity contribution >= 4 is 0 Å². The summed E-state index contributed by atoms with van der Waals surface area (Å²) in [6.45, 7) is 7.73. The van der Waals surface area contributed by atoms with Crippen LogP contribution in [0.2, 0.25) is 0 Å². The zero-order valence-electron chi connectivity index (χ0n) is 20.5. The smallest absolute Gasteiger partial charge is 0.200 e. The van der Waals surface area contributed by atoms with E-state index in [4.69, 9.17) is 0 Å². The Hall–Kier alpha value is -1.97. The predicted octanol–water partition coefficient (Wildman–Crippen LogP) is 9.54. The molecule has 0 spiro atoms. The first kappa shape index (κ1) is 35.1. The zero-order valence-corrected chi connectivity index (χ0v) is 20.5. The lowest BCUT2D eigenvalue weighted by Crippen LogP contribution is -2.74. The second-order valence-electron chi connectivity index (χ2n) is 9.99. The van der Waals surface area contributed by atoms with Crippen LogP contribution >= 0.6 is 0 Å². The summed E-state index contributed by atoms with van der Waals surface area (Å²) < 4.78 is 228. The Morgan fingerprint density at radius 2 is 0.795 bits per heavy atom. The van der Waals surface area contributed by atoms with E-state index in [1.807, 2.05) is 0 Å². The van der Waals surface area contributed by atoms with Crippen molar-refractivity contribution in [1.29, 1.82) is 0 Å². The van der Waals surface area contributed by atoms with Crippen LogP contribution in [0.15, 0.2) is 12.1 Å². The molecule has 0 aliphatic heterocycles. The van der Waals surface area contributed by atoms with Crippen molar-refractivity contribution in [3.05, 3.63) is 34.4 Å². The van der Waals surface area contributed by atoms with Crippen molar-refractivity contribution in [2.45, 2.75) is 101 Å². The number of halogens is 17. The van der Waals surface area contributed by atoms with Gasteiger partial charge in [-0.15, -0.1) is 0 Å². The van der Waals surface area contributed by atoms with Crippen LogP contribution in [0.5, 0.6) is 0 Å². The van der Waals surface area contributed by atoms with E-state index in [0.29, 0.717) is 5.56 Å². The molecule has 0 amide bonds. The highest BCUT2D eigenvalue weighted by molar-refractivity contribution is 5.40. The average Bonchev–Trinajstić information content (AvgIpc) is 2.70. The third-order valence-electron chi connectivity index (χ3n) is 6.04. The van der Waals surface area contributed by atoms with Crippen molar-refractivity contribution in [3.8, 4) is 0 Å². The van der Waals surface area contributed by atoms with Crippen LogP contribution in [0.4, 0.5) is 74.6 Å². The Balaban J connectivity index is 3.52. The minimum atomic E-state index is -8.61. The standard InChI is InChI=1S/C22H21F17/c1-10-8-12(14(3,4)5)9-11(2)13(10)6-7-15(23,24)16(25,26)17(27,28)18(29,30)19(31,32)20(33,34)21(35,36)22(37,38)39/h8-9H,6-7H2,1-5H3. The quantitative estimate of drug-likeness (QED) is 0.245. The largest absolute Gasteiger partial charge is 0.460 e. The van der Waals surface area contributed by atoms with Gasteiger partial charge in [0.15, 0.2) is 0 Å². The third-order valence-corrected chi connectivity index (χ3v) is 6.04. The Morgan fingerprint density at radius 1 is 0.487 bits per heavy atom. The van der Waals surface area contributed by atoms with Gasteiger partial charge in [-0.3, -0.25) is 0 Å². The number of hydrogen-bond donors (Lipinski definition) is 0. The van der Waals surface area contributed by atoms with Crippen LogP contribution in [0.1, 0.15) is 49.4 Å². The molecule has 39 heavy (non-hydrogen) atoms. The molecule has 0 radical (unpaired) electrons. The molecule has 0 N–H and O–H groups in total. The highest BCUT2D eigenvalue weighted by Crippen LogP contribution is 2.64. The molecular weight excluding hydrogens is 587 g/mol. The summed E-state index contributed by atoms with van der Waals surface area (Å²) in [5.74, 6) is -56.1. The van der Waals surface area contributed by atoms with Crippen molar-refractivity contribution in [2.75, 3.05) is 0 Å². The van der Waals surface area contributed by atoms with Gasteiger partial charge in [0.2, 0.25) is 0 Å². The summed E-state index contributed by atoms with van der Waals surface area (Å²) in [5.41, 5.74) is 0.168. The molecule has 0 aliphatic carbocycles. The van der Waals surface area contributed by atoms with Crippen LogP contribution in [-0.2, 0) is 11.8 Å². The number of rotatable bonds is 9. The van der Waals surface area contributed by atoms with E-state index in [1.165, 1.54) is 26.0 Å². The van der Waals surface area contributed by atoms with Gasteiger partial charge in [-0.05, 0) is 47.9 Å². The summed E-state index contributed by atoms with van der Waals surface area (Å²) in [4.78, 5) is 0. The lowest BCUT2D eigenvalue weighted by molar-refractivity contribution is -0.461. The van der Waals surface area contributed by atoms with E-state index in [1.54, 1.807) is 20.8 Å². The minimum Gasteiger partial charge on any atom is -0.200 e. The third kappa shape index (κ3) is 5.26. The molecule has 0 fully saturated rings. The molecule has 1 aromatic rings. The van der Waals surface area contributed by atoms with Gasteiger partial charge < -0.3 is 0 Å². The molecule has 17 heteroatoms. The summed E-state index contributed by atoms with van der Waals surface area (Å²) in [6, 6.07) is 2.79. The summed E-state index contributed by atoms with van der Waals surface area (Å²) in [5, 5.41) is 0. The fourth-order valence-corrected chi connectivity index (χ4v) is 3.46. The van der Waals surface area contributed by atoms with Crippen LogP contribution < -0.4 is 0 Å². The molecule has 0 heterocycles. The fourth-order valence-electron chi connectivity index (χ4n) is 3.46. The zero-order chi connectivity index (χ0) is 31.6. The van der Waals surface area contributed by atoms with Gasteiger partial charge >= 0.3 is 47.6 Å². The van der Waals surface area contributed by atoms with Crippen LogP contribution in [-0.4, -0.2) is 47.6 Å². The Morgan fingerprint density at radius 3 is 1.10 bits per heavy atom. The Kier molecular flexibility index (Phi) is 8.59. The maximum Gasteiger partial charge on any atom is 0.460 e. The summed E-state index contributed by atoms with van der Waals surface area (Å²) in [6.07, 6.45) is -11.5. The van der Waals surface area contributed by atoms with Crippen molar-refractivity contribution in [1.82, 2.24) is 0 Å². The van der Waals surface area contributed by atoms with E-state index >= 15 is 0 Å². The average molecular weight is 608 g/mol. The molecule has 0 unspecified atom stereocenters. The molecule has 0 saturated carbocycles. The summed E-state index contributed by atoms with van der Waals surface area (Å²) in [7, 11) is 0. The molecule has 1 aromatic carbocycles. The van der Waals surface area contributed by atoms with Gasteiger partial charge in [-0.25, -0.2) is 0 Å². The maximum absolute atomic E-state index is 14.2. The second-order valence-corrected chi connectivity index (χ2v) is 9.99. The first-order valence-electron chi connectivity index (χ1n) is 10.6. The van der Waals surface area contributed by atoms with E-state index in [-0.39, 0.29) is 16.7 Å². The van der Waals surface area contributed by atoms with Gasteiger partial charge in [0, 0.05) is 6.42 Å².